The molecule has 0 heterocycles. The highest BCUT2D eigenvalue weighted by Gasteiger charge is 2.18. The minimum Gasteiger partial charge on any atom is -0.496 e. The van der Waals surface area contributed by atoms with E-state index < -0.39 is 10.0 Å². The predicted octanol–water partition coefficient (Wildman–Crippen LogP) is 0.676. The van der Waals surface area contributed by atoms with Crippen LogP contribution < -0.4 is 10.1 Å². The Labute approximate surface area is 109 Å². The lowest BCUT2D eigenvalue weighted by Crippen LogP contribution is -2.32. The van der Waals surface area contributed by atoms with Crippen molar-refractivity contribution < 1.29 is 13.2 Å². The number of methoxy groups -OCH3 is 1. The van der Waals surface area contributed by atoms with E-state index in [0.717, 1.165) is 5.56 Å². The Morgan fingerprint density at radius 3 is 2.61 bits per heavy atom. The molecule has 0 atom stereocenters. The maximum atomic E-state index is 11.9. The van der Waals surface area contributed by atoms with Crippen LogP contribution in [-0.4, -0.2) is 46.2 Å². The van der Waals surface area contributed by atoms with Crippen molar-refractivity contribution in [2.45, 2.75) is 6.54 Å². The second-order valence-corrected chi connectivity index (χ2v) is 6.18. The Bertz CT molecular complexity index is 474. The third-order valence-corrected chi connectivity index (χ3v) is 4.47. The van der Waals surface area contributed by atoms with Gasteiger partial charge in [0.15, 0.2) is 0 Å². The van der Waals surface area contributed by atoms with Gasteiger partial charge in [-0.25, -0.2) is 12.7 Å². The molecule has 0 amide bonds. The summed E-state index contributed by atoms with van der Waals surface area (Å²) in [6, 6.07) is 7.41. The van der Waals surface area contributed by atoms with Gasteiger partial charge in [-0.2, -0.15) is 0 Å². The molecule has 0 aromatic heterocycles. The molecule has 5 nitrogen and oxygen atoms in total. The minimum atomic E-state index is -3.23. The second-order valence-electron chi connectivity index (χ2n) is 3.99. The van der Waals surface area contributed by atoms with Crippen LogP contribution in [0, 0.1) is 0 Å². The molecule has 18 heavy (non-hydrogen) atoms. The highest BCUT2D eigenvalue weighted by Crippen LogP contribution is 2.19. The lowest BCUT2D eigenvalue weighted by atomic mass is 10.2. The van der Waals surface area contributed by atoms with E-state index in [1.54, 1.807) is 21.2 Å². The third kappa shape index (κ3) is 3.97. The van der Waals surface area contributed by atoms with E-state index in [1.165, 1.54) is 4.31 Å². The van der Waals surface area contributed by atoms with Gasteiger partial charge in [0.2, 0.25) is 10.0 Å². The predicted molar refractivity (Wildman–Crippen MR) is 72.2 cm³/mol. The number of rotatable bonds is 7. The molecule has 0 aliphatic rings. The fourth-order valence-electron chi connectivity index (χ4n) is 1.56. The van der Waals surface area contributed by atoms with Crippen LogP contribution in [0.4, 0.5) is 0 Å². The number of para-hydroxylation sites is 1. The van der Waals surface area contributed by atoms with Crippen molar-refractivity contribution in [2.24, 2.45) is 0 Å². The number of ether oxygens (including phenoxy) is 1. The van der Waals surface area contributed by atoms with Gasteiger partial charge < -0.3 is 10.1 Å². The van der Waals surface area contributed by atoms with E-state index in [0.29, 0.717) is 18.8 Å². The van der Waals surface area contributed by atoms with Gasteiger partial charge in [0.05, 0.1) is 12.9 Å². The monoisotopic (exact) mass is 272 g/mol. The summed E-state index contributed by atoms with van der Waals surface area (Å²) in [4.78, 5) is 0. The van der Waals surface area contributed by atoms with Gasteiger partial charge in [-0.1, -0.05) is 18.2 Å². The van der Waals surface area contributed by atoms with Crippen LogP contribution in [0.1, 0.15) is 5.56 Å². The lowest BCUT2D eigenvalue weighted by Gasteiger charge is -2.18. The number of benzene rings is 1. The zero-order valence-electron chi connectivity index (χ0n) is 11.0. The maximum absolute atomic E-state index is 11.9. The fraction of sp³-hybridized carbons (Fsp3) is 0.500. The first-order chi connectivity index (χ1) is 8.51. The largest absolute Gasteiger partial charge is 0.496 e. The number of nitrogens with zero attached hydrogens (tertiary/aromatic N) is 1. The van der Waals surface area contributed by atoms with Crippen LogP contribution in [0.5, 0.6) is 5.75 Å². The molecule has 0 saturated heterocycles. The second kappa shape index (κ2) is 6.72. The summed E-state index contributed by atoms with van der Waals surface area (Å²) >= 11 is 0. The molecule has 0 radical (unpaired) electrons. The zero-order chi connectivity index (χ0) is 13.6. The Balaban J connectivity index is 2.78. The van der Waals surface area contributed by atoms with Crippen LogP contribution >= 0.6 is 0 Å². The Morgan fingerprint density at radius 1 is 1.33 bits per heavy atom. The average molecular weight is 272 g/mol. The lowest BCUT2D eigenvalue weighted by molar-refractivity contribution is 0.398. The van der Waals surface area contributed by atoms with Crippen molar-refractivity contribution in [1.29, 1.82) is 0 Å². The van der Waals surface area contributed by atoms with Crippen molar-refractivity contribution in [2.75, 3.05) is 33.5 Å². The van der Waals surface area contributed by atoms with Crippen LogP contribution in [0.2, 0.25) is 0 Å². The van der Waals surface area contributed by atoms with E-state index in [9.17, 15) is 8.42 Å². The van der Waals surface area contributed by atoms with Gasteiger partial charge in [0.1, 0.15) is 5.75 Å². The molecule has 0 fully saturated rings. The molecular formula is C12H20N2O3S. The molecule has 0 unspecified atom stereocenters. The summed E-state index contributed by atoms with van der Waals surface area (Å²) in [6.45, 7) is 0.759. The molecule has 0 aliphatic carbocycles. The van der Waals surface area contributed by atoms with Gasteiger partial charge in [0, 0.05) is 25.7 Å². The van der Waals surface area contributed by atoms with E-state index in [-0.39, 0.29) is 5.75 Å². The highest BCUT2D eigenvalue weighted by molar-refractivity contribution is 7.89. The van der Waals surface area contributed by atoms with E-state index in [4.69, 9.17) is 4.74 Å². The van der Waals surface area contributed by atoms with Gasteiger partial charge in [-0.05, 0) is 13.1 Å². The van der Waals surface area contributed by atoms with E-state index in [1.807, 2.05) is 24.3 Å². The first-order valence-corrected chi connectivity index (χ1v) is 7.32. The van der Waals surface area contributed by atoms with Gasteiger partial charge in [0.25, 0.3) is 0 Å². The van der Waals surface area contributed by atoms with Crippen LogP contribution in [0.15, 0.2) is 24.3 Å². The minimum absolute atomic E-state index is 0.0924. The normalized spacial score (nSPS) is 11.8. The van der Waals surface area contributed by atoms with Crippen molar-refractivity contribution in [1.82, 2.24) is 9.62 Å². The molecule has 1 aromatic rings. The Hall–Kier alpha value is -1.11. The third-order valence-electron chi connectivity index (χ3n) is 2.67. The number of nitrogens with one attached hydrogen (secondary N) is 1. The highest BCUT2D eigenvalue weighted by atomic mass is 32.2. The molecule has 0 saturated carbocycles. The number of hydrogen-bond donors (Lipinski definition) is 1. The Kier molecular flexibility index (Phi) is 5.58. The molecule has 1 aromatic carbocycles. The molecule has 0 bridgehead atoms. The standard InChI is InChI=1S/C12H20N2O3S/c1-13-8-9-18(15,16)14(2)10-11-6-4-5-7-12(11)17-3/h4-7,13H,8-10H2,1-3H3. The SMILES string of the molecule is CNCCS(=O)(=O)N(C)Cc1ccccc1OC. The Morgan fingerprint density at radius 2 is 2.00 bits per heavy atom. The first-order valence-electron chi connectivity index (χ1n) is 5.71. The summed E-state index contributed by atoms with van der Waals surface area (Å²) in [5.74, 6) is 0.794. The number of sulfonamides is 1. The molecule has 0 aliphatic heterocycles. The zero-order valence-corrected chi connectivity index (χ0v) is 11.8. The van der Waals surface area contributed by atoms with Crippen LogP contribution in [0.3, 0.4) is 0 Å². The first kappa shape index (κ1) is 14.9. The maximum Gasteiger partial charge on any atom is 0.215 e. The van der Waals surface area contributed by atoms with Gasteiger partial charge in [-0.3, -0.25) is 0 Å². The van der Waals surface area contributed by atoms with E-state index in [2.05, 4.69) is 5.32 Å². The van der Waals surface area contributed by atoms with Crippen molar-refractivity contribution in [3.63, 3.8) is 0 Å². The van der Waals surface area contributed by atoms with Crippen LogP contribution in [-0.2, 0) is 16.6 Å². The molecular weight excluding hydrogens is 252 g/mol. The smallest absolute Gasteiger partial charge is 0.215 e. The van der Waals surface area contributed by atoms with Crippen molar-refractivity contribution >= 4 is 10.0 Å². The van der Waals surface area contributed by atoms with E-state index >= 15 is 0 Å². The quantitative estimate of drug-likeness (QED) is 0.793. The molecule has 0 spiro atoms. The van der Waals surface area contributed by atoms with Gasteiger partial charge in [-0.15, -0.1) is 0 Å². The fourth-order valence-corrected chi connectivity index (χ4v) is 2.67. The summed E-state index contributed by atoms with van der Waals surface area (Å²) in [6.07, 6.45) is 0. The summed E-state index contributed by atoms with van der Waals surface area (Å²) in [7, 11) is 1.66. The van der Waals surface area contributed by atoms with Crippen molar-refractivity contribution in [3.05, 3.63) is 29.8 Å². The molecule has 1 rings (SSSR count). The van der Waals surface area contributed by atoms with Gasteiger partial charge >= 0.3 is 0 Å². The molecule has 1 N–H and O–H groups in total. The molecule has 102 valence electrons. The molecule has 6 heteroatoms. The van der Waals surface area contributed by atoms with Crippen molar-refractivity contribution in [3.8, 4) is 5.75 Å². The van der Waals surface area contributed by atoms with Crippen LogP contribution in [0.25, 0.3) is 0 Å². The summed E-state index contributed by atoms with van der Waals surface area (Å²) < 4.78 is 30.4. The summed E-state index contributed by atoms with van der Waals surface area (Å²) in [5, 5.41) is 2.83. The topological polar surface area (TPSA) is 58.6 Å². The number of hydrogen-bond acceptors (Lipinski definition) is 4. The average Bonchev–Trinajstić information content (AvgIpc) is 2.37. The summed E-state index contributed by atoms with van der Waals surface area (Å²) in [5.41, 5.74) is 0.857.